The van der Waals surface area contributed by atoms with Crippen molar-refractivity contribution in [3.8, 4) is 5.75 Å². The third-order valence-corrected chi connectivity index (χ3v) is 3.21. The second-order valence-corrected chi connectivity index (χ2v) is 4.57. The SMILES string of the molecule is C=Cn1cc(CNc2cc(C)c(Cl)cc2OC)cn1. The molecule has 0 fully saturated rings. The minimum atomic E-state index is 0.658. The van der Waals surface area contributed by atoms with Crippen LogP contribution >= 0.6 is 11.6 Å². The lowest BCUT2D eigenvalue weighted by Gasteiger charge is -2.12. The number of halogens is 1. The molecule has 100 valence electrons. The van der Waals surface area contributed by atoms with Gasteiger partial charge in [0.1, 0.15) is 5.75 Å². The number of anilines is 1. The van der Waals surface area contributed by atoms with Crippen LogP contribution in [0, 0.1) is 6.92 Å². The molecule has 0 radical (unpaired) electrons. The lowest BCUT2D eigenvalue weighted by Crippen LogP contribution is -2.01. The first-order valence-electron chi connectivity index (χ1n) is 5.87. The molecule has 0 aliphatic rings. The average Bonchev–Trinajstić information content (AvgIpc) is 2.87. The Kier molecular flexibility index (Phi) is 4.12. The van der Waals surface area contributed by atoms with Crippen LogP contribution in [0.3, 0.4) is 0 Å². The molecular weight excluding hydrogens is 262 g/mol. The van der Waals surface area contributed by atoms with E-state index in [2.05, 4.69) is 17.0 Å². The van der Waals surface area contributed by atoms with Crippen molar-refractivity contribution in [2.45, 2.75) is 13.5 Å². The number of rotatable bonds is 5. The summed E-state index contributed by atoms with van der Waals surface area (Å²) in [6, 6.07) is 3.78. The van der Waals surface area contributed by atoms with Crippen molar-refractivity contribution < 1.29 is 4.74 Å². The smallest absolute Gasteiger partial charge is 0.143 e. The predicted molar refractivity (Wildman–Crippen MR) is 78.7 cm³/mol. The molecule has 2 rings (SSSR count). The summed E-state index contributed by atoms with van der Waals surface area (Å²) in [7, 11) is 1.63. The summed E-state index contributed by atoms with van der Waals surface area (Å²) in [4.78, 5) is 0. The lowest BCUT2D eigenvalue weighted by atomic mass is 10.2. The van der Waals surface area contributed by atoms with Gasteiger partial charge in [-0.25, -0.2) is 4.68 Å². The van der Waals surface area contributed by atoms with E-state index < -0.39 is 0 Å². The van der Waals surface area contributed by atoms with E-state index in [9.17, 15) is 0 Å². The summed E-state index contributed by atoms with van der Waals surface area (Å²) >= 11 is 6.07. The van der Waals surface area contributed by atoms with Gasteiger partial charge in [-0.1, -0.05) is 18.2 Å². The van der Waals surface area contributed by atoms with Crippen LogP contribution in [0.15, 0.2) is 31.1 Å². The Morgan fingerprint density at radius 1 is 1.53 bits per heavy atom. The highest BCUT2D eigenvalue weighted by Crippen LogP contribution is 2.31. The van der Waals surface area contributed by atoms with Crippen LogP contribution in [-0.2, 0) is 6.54 Å². The van der Waals surface area contributed by atoms with Crippen LogP contribution in [0.25, 0.3) is 6.20 Å². The van der Waals surface area contributed by atoms with Gasteiger partial charge in [0.25, 0.3) is 0 Å². The second-order valence-electron chi connectivity index (χ2n) is 4.17. The van der Waals surface area contributed by atoms with E-state index in [1.54, 1.807) is 24.2 Å². The topological polar surface area (TPSA) is 39.1 Å². The molecule has 0 aliphatic heterocycles. The minimum Gasteiger partial charge on any atom is -0.495 e. The Morgan fingerprint density at radius 3 is 2.95 bits per heavy atom. The second kappa shape index (κ2) is 5.80. The highest BCUT2D eigenvalue weighted by Gasteiger charge is 2.07. The molecule has 1 heterocycles. The summed E-state index contributed by atoms with van der Waals surface area (Å²) in [5, 5.41) is 8.14. The molecule has 0 bridgehead atoms. The summed E-state index contributed by atoms with van der Waals surface area (Å²) in [6.07, 6.45) is 5.36. The van der Waals surface area contributed by atoms with Gasteiger partial charge in [-0.15, -0.1) is 0 Å². The van der Waals surface area contributed by atoms with Gasteiger partial charge in [-0.3, -0.25) is 0 Å². The molecule has 1 N–H and O–H groups in total. The van der Waals surface area contributed by atoms with Crippen molar-refractivity contribution in [3.05, 3.63) is 47.3 Å². The molecule has 0 unspecified atom stereocenters. The average molecular weight is 278 g/mol. The molecule has 2 aromatic rings. The number of nitrogens with one attached hydrogen (secondary N) is 1. The van der Waals surface area contributed by atoms with Gasteiger partial charge in [0, 0.05) is 35.6 Å². The van der Waals surface area contributed by atoms with Gasteiger partial charge in [-0.2, -0.15) is 5.10 Å². The van der Waals surface area contributed by atoms with E-state index >= 15 is 0 Å². The molecule has 0 atom stereocenters. The Labute approximate surface area is 117 Å². The number of aromatic nitrogens is 2. The number of methoxy groups -OCH3 is 1. The molecule has 0 saturated heterocycles. The molecule has 0 saturated carbocycles. The van der Waals surface area contributed by atoms with E-state index in [1.165, 1.54) is 0 Å². The zero-order valence-corrected chi connectivity index (χ0v) is 11.7. The van der Waals surface area contributed by atoms with Crippen LogP contribution in [0.2, 0.25) is 5.02 Å². The van der Waals surface area contributed by atoms with Crippen molar-refractivity contribution in [2.75, 3.05) is 12.4 Å². The Morgan fingerprint density at radius 2 is 2.32 bits per heavy atom. The van der Waals surface area contributed by atoms with Crippen molar-refractivity contribution in [2.24, 2.45) is 0 Å². The van der Waals surface area contributed by atoms with Crippen LogP contribution in [-0.4, -0.2) is 16.9 Å². The van der Waals surface area contributed by atoms with Crippen molar-refractivity contribution in [1.82, 2.24) is 9.78 Å². The molecule has 0 amide bonds. The molecular formula is C14H16ClN3O. The van der Waals surface area contributed by atoms with Crippen molar-refractivity contribution in [1.29, 1.82) is 0 Å². The number of benzene rings is 1. The quantitative estimate of drug-likeness (QED) is 0.908. The molecule has 1 aromatic carbocycles. The lowest BCUT2D eigenvalue weighted by molar-refractivity contribution is 0.416. The largest absolute Gasteiger partial charge is 0.495 e. The zero-order chi connectivity index (χ0) is 13.8. The van der Waals surface area contributed by atoms with Gasteiger partial charge in [-0.05, 0) is 18.6 Å². The van der Waals surface area contributed by atoms with Gasteiger partial charge in [0.05, 0.1) is 19.0 Å². The van der Waals surface area contributed by atoms with E-state index in [4.69, 9.17) is 16.3 Å². The highest BCUT2D eigenvalue weighted by molar-refractivity contribution is 6.31. The maximum atomic E-state index is 6.07. The number of hydrogen-bond donors (Lipinski definition) is 1. The molecule has 5 heteroatoms. The first kappa shape index (κ1) is 13.5. The fourth-order valence-electron chi connectivity index (χ4n) is 1.74. The Hall–Kier alpha value is -1.94. The summed E-state index contributed by atoms with van der Waals surface area (Å²) in [5.74, 6) is 0.728. The van der Waals surface area contributed by atoms with Gasteiger partial charge < -0.3 is 10.1 Å². The number of ether oxygens (including phenoxy) is 1. The highest BCUT2D eigenvalue weighted by atomic mass is 35.5. The van der Waals surface area contributed by atoms with Gasteiger partial charge in [0.2, 0.25) is 0 Å². The van der Waals surface area contributed by atoms with E-state index in [1.807, 2.05) is 25.3 Å². The fourth-order valence-corrected chi connectivity index (χ4v) is 1.89. The third kappa shape index (κ3) is 3.09. The molecule has 1 aromatic heterocycles. The monoisotopic (exact) mass is 277 g/mol. The first-order chi connectivity index (χ1) is 9.13. The Balaban J connectivity index is 2.14. The zero-order valence-electron chi connectivity index (χ0n) is 11.0. The van der Waals surface area contributed by atoms with Crippen LogP contribution in [0.1, 0.15) is 11.1 Å². The van der Waals surface area contributed by atoms with E-state index in [-0.39, 0.29) is 0 Å². The number of hydrogen-bond acceptors (Lipinski definition) is 3. The molecule has 0 aliphatic carbocycles. The maximum absolute atomic E-state index is 6.07. The normalized spacial score (nSPS) is 10.3. The number of aryl methyl sites for hydroxylation is 1. The van der Waals surface area contributed by atoms with Crippen LogP contribution in [0.4, 0.5) is 5.69 Å². The first-order valence-corrected chi connectivity index (χ1v) is 6.25. The van der Waals surface area contributed by atoms with Crippen molar-refractivity contribution in [3.63, 3.8) is 0 Å². The standard InChI is InChI=1S/C14H16ClN3O/c1-4-18-9-11(8-17-18)7-16-13-5-10(2)12(15)6-14(13)19-3/h4-6,8-9,16H,1,7H2,2-3H3. The fraction of sp³-hybridized carbons (Fsp3) is 0.214. The molecule has 4 nitrogen and oxygen atoms in total. The summed E-state index contributed by atoms with van der Waals surface area (Å²) < 4.78 is 6.98. The minimum absolute atomic E-state index is 0.658. The van der Waals surface area contributed by atoms with Crippen LogP contribution < -0.4 is 10.1 Å². The van der Waals surface area contributed by atoms with Crippen LogP contribution in [0.5, 0.6) is 5.75 Å². The molecule has 19 heavy (non-hydrogen) atoms. The summed E-state index contributed by atoms with van der Waals surface area (Å²) in [6.45, 7) is 6.28. The predicted octanol–water partition coefficient (Wildman–Crippen LogP) is 3.57. The van der Waals surface area contributed by atoms with E-state index in [0.29, 0.717) is 11.6 Å². The van der Waals surface area contributed by atoms with Crippen molar-refractivity contribution >= 4 is 23.5 Å². The van der Waals surface area contributed by atoms with Gasteiger partial charge in [0.15, 0.2) is 0 Å². The van der Waals surface area contributed by atoms with Gasteiger partial charge >= 0.3 is 0 Å². The Bertz CT molecular complexity index is 592. The maximum Gasteiger partial charge on any atom is 0.143 e. The number of nitrogens with zero attached hydrogens (tertiary/aromatic N) is 2. The molecule has 0 spiro atoms. The summed E-state index contributed by atoms with van der Waals surface area (Å²) in [5.41, 5.74) is 2.98. The third-order valence-electron chi connectivity index (χ3n) is 2.81. The van der Waals surface area contributed by atoms with E-state index in [0.717, 1.165) is 22.6 Å².